The van der Waals surface area contributed by atoms with Gasteiger partial charge in [0.1, 0.15) is 11.9 Å². The van der Waals surface area contributed by atoms with Crippen LogP contribution in [0.15, 0.2) is 48.7 Å². The lowest BCUT2D eigenvalue weighted by atomic mass is 10.2. The number of nitrogens with zero attached hydrogens (tertiary/aromatic N) is 2. The third-order valence-corrected chi connectivity index (χ3v) is 3.42. The number of hydrogen-bond acceptors (Lipinski definition) is 3. The quantitative estimate of drug-likeness (QED) is 0.942. The zero-order valence-corrected chi connectivity index (χ0v) is 11.9. The normalized spacial score (nSPS) is 14.3. The summed E-state index contributed by atoms with van der Waals surface area (Å²) >= 11 is 0. The van der Waals surface area contributed by atoms with Crippen molar-refractivity contribution < 1.29 is 13.9 Å². The molecular formula is C16H16FN3O2. The molecule has 0 saturated carbocycles. The first kappa shape index (κ1) is 14.3. The van der Waals surface area contributed by atoms with Crippen molar-refractivity contribution in [3.8, 4) is 5.88 Å². The highest BCUT2D eigenvalue weighted by atomic mass is 19.1. The fourth-order valence-corrected chi connectivity index (χ4v) is 2.16. The van der Waals surface area contributed by atoms with E-state index < -0.39 is 0 Å². The Balaban J connectivity index is 1.41. The smallest absolute Gasteiger partial charge is 0.317 e. The number of hydrogen-bond donors (Lipinski definition) is 1. The number of nitrogens with one attached hydrogen (secondary N) is 1. The van der Waals surface area contributed by atoms with E-state index >= 15 is 0 Å². The van der Waals surface area contributed by atoms with Crippen molar-refractivity contribution in [3.05, 3.63) is 60.0 Å². The summed E-state index contributed by atoms with van der Waals surface area (Å²) in [6.45, 7) is 1.44. The van der Waals surface area contributed by atoms with E-state index in [1.165, 1.54) is 12.1 Å². The summed E-state index contributed by atoms with van der Waals surface area (Å²) in [5.74, 6) is 0.284. The van der Waals surface area contributed by atoms with Crippen LogP contribution in [-0.2, 0) is 6.54 Å². The molecule has 1 aromatic carbocycles. The van der Waals surface area contributed by atoms with Crippen molar-refractivity contribution in [1.82, 2.24) is 15.2 Å². The topological polar surface area (TPSA) is 54.5 Å². The van der Waals surface area contributed by atoms with E-state index in [9.17, 15) is 9.18 Å². The number of amides is 2. The summed E-state index contributed by atoms with van der Waals surface area (Å²) in [6, 6.07) is 11.4. The molecule has 0 aliphatic carbocycles. The van der Waals surface area contributed by atoms with Crippen molar-refractivity contribution in [1.29, 1.82) is 0 Å². The highest BCUT2D eigenvalue weighted by Gasteiger charge is 2.32. The van der Waals surface area contributed by atoms with Gasteiger partial charge in [-0.3, -0.25) is 0 Å². The minimum atomic E-state index is -0.285. The van der Waals surface area contributed by atoms with Gasteiger partial charge >= 0.3 is 6.03 Å². The second-order valence-electron chi connectivity index (χ2n) is 5.10. The zero-order valence-electron chi connectivity index (χ0n) is 11.9. The fourth-order valence-electron chi connectivity index (χ4n) is 2.16. The van der Waals surface area contributed by atoms with Crippen LogP contribution in [0.4, 0.5) is 9.18 Å². The molecule has 0 unspecified atom stereocenters. The number of aromatic nitrogens is 1. The maximum absolute atomic E-state index is 12.8. The molecule has 3 rings (SSSR count). The lowest BCUT2D eigenvalue weighted by Crippen LogP contribution is -2.58. The predicted molar refractivity (Wildman–Crippen MR) is 78.9 cm³/mol. The molecule has 0 radical (unpaired) electrons. The molecule has 0 spiro atoms. The first-order valence-corrected chi connectivity index (χ1v) is 7.05. The Hall–Kier alpha value is -2.63. The van der Waals surface area contributed by atoms with Gasteiger partial charge in [-0.25, -0.2) is 14.2 Å². The third kappa shape index (κ3) is 3.52. The standard InChI is InChI=1S/C16H16FN3O2/c17-13-6-4-12(5-7-13)9-19-16(21)20-10-14(11-20)22-15-3-1-2-8-18-15/h1-8,14H,9-11H2,(H,19,21). The van der Waals surface area contributed by atoms with Gasteiger partial charge in [0.25, 0.3) is 0 Å². The number of benzene rings is 1. The minimum Gasteiger partial charge on any atom is -0.471 e. The number of ether oxygens (including phenoxy) is 1. The van der Waals surface area contributed by atoms with Crippen molar-refractivity contribution in [2.24, 2.45) is 0 Å². The second kappa shape index (κ2) is 6.43. The first-order valence-electron chi connectivity index (χ1n) is 7.05. The Labute approximate surface area is 127 Å². The van der Waals surface area contributed by atoms with Crippen LogP contribution in [0.1, 0.15) is 5.56 Å². The average molecular weight is 301 g/mol. The molecule has 2 heterocycles. The summed E-state index contributed by atoms with van der Waals surface area (Å²) in [7, 11) is 0. The Kier molecular flexibility index (Phi) is 4.18. The second-order valence-corrected chi connectivity index (χ2v) is 5.10. The molecule has 2 amide bonds. The number of carbonyl (C=O) groups excluding carboxylic acids is 1. The average Bonchev–Trinajstić information content (AvgIpc) is 2.50. The number of carbonyl (C=O) groups is 1. The van der Waals surface area contributed by atoms with Crippen molar-refractivity contribution in [2.75, 3.05) is 13.1 Å². The number of urea groups is 1. The van der Waals surface area contributed by atoms with Gasteiger partial charge in [-0.05, 0) is 23.8 Å². The van der Waals surface area contributed by atoms with Gasteiger partial charge in [0.15, 0.2) is 0 Å². The van der Waals surface area contributed by atoms with Gasteiger partial charge in [-0.15, -0.1) is 0 Å². The van der Waals surface area contributed by atoms with E-state index in [2.05, 4.69) is 10.3 Å². The summed E-state index contributed by atoms with van der Waals surface area (Å²) in [6.07, 6.45) is 1.65. The van der Waals surface area contributed by atoms with Crippen molar-refractivity contribution in [3.63, 3.8) is 0 Å². The van der Waals surface area contributed by atoms with Crippen molar-refractivity contribution >= 4 is 6.03 Å². The molecule has 6 heteroatoms. The van der Waals surface area contributed by atoms with Gasteiger partial charge < -0.3 is 15.0 Å². The molecule has 0 atom stereocenters. The summed E-state index contributed by atoms with van der Waals surface area (Å²) in [5, 5.41) is 2.80. The lowest BCUT2D eigenvalue weighted by Gasteiger charge is -2.38. The predicted octanol–water partition coefficient (Wildman–Crippen LogP) is 2.19. The van der Waals surface area contributed by atoms with Gasteiger partial charge in [0.05, 0.1) is 13.1 Å². The van der Waals surface area contributed by atoms with E-state index in [0.29, 0.717) is 25.5 Å². The molecule has 1 N–H and O–H groups in total. The van der Waals surface area contributed by atoms with E-state index in [4.69, 9.17) is 4.74 Å². The third-order valence-electron chi connectivity index (χ3n) is 3.42. The number of rotatable bonds is 4. The molecule has 1 aromatic heterocycles. The Morgan fingerprint density at radius 2 is 2.05 bits per heavy atom. The number of likely N-dealkylation sites (tertiary alicyclic amines) is 1. The highest BCUT2D eigenvalue weighted by Crippen LogP contribution is 2.15. The van der Waals surface area contributed by atoms with Gasteiger partial charge in [-0.2, -0.15) is 0 Å². The Morgan fingerprint density at radius 1 is 1.27 bits per heavy atom. The molecule has 0 bridgehead atoms. The van der Waals surface area contributed by atoms with Crippen molar-refractivity contribution in [2.45, 2.75) is 12.6 Å². The summed E-state index contributed by atoms with van der Waals surface area (Å²) in [4.78, 5) is 17.7. The van der Waals surface area contributed by atoms with E-state index in [0.717, 1.165) is 5.56 Å². The maximum Gasteiger partial charge on any atom is 0.317 e. The van der Waals surface area contributed by atoms with Crippen LogP contribution >= 0.6 is 0 Å². The molecule has 114 valence electrons. The lowest BCUT2D eigenvalue weighted by molar-refractivity contribution is 0.0413. The van der Waals surface area contributed by atoms with Crippen LogP contribution in [0.2, 0.25) is 0 Å². The summed E-state index contributed by atoms with van der Waals surface area (Å²) < 4.78 is 18.4. The van der Waals surface area contributed by atoms with Crippen LogP contribution < -0.4 is 10.1 Å². The maximum atomic E-state index is 12.8. The Bertz CT molecular complexity index is 628. The van der Waals surface area contributed by atoms with E-state index in [1.807, 2.05) is 12.1 Å². The SMILES string of the molecule is O=C(NCc1ccc(F)cc1)N1CC(Oc2ccccn2)C1. The van der Waals surface area contributed by atoms with Crippen LogP contribution in [0.25, 0.3) is 0 Å². The largest absolute Gasteiger partial charge is 0.471 e. The molecule has 1 aliphatic heterocycles. The fraction of sp³-hybridized carbons (Fsp3) is 0.250. The van der Waals surface area contributed by atoms with Gasteiger partial charge in [0.2, 0.25) is 5.88 Å². The zero-order chi connectivity index (χ0) is 15.4. The number of halogens is 1. The van der Waals surface area contributed by atoms with E-state index in [-0.39, 0.29) is 18.0 Å². The molecule has 2 aromatic rings. The minimum absolute atomic E-state index is 0.0218. The monoisotopic (exact) mass is 301 g/mol. The molecule has 22 heavy (non-hydrogen) atoms. The molecule has 1 saturated heterocycles. The molecule has 1 aliphatic rings. The highest BCUT2D eigenvalue weighted by molar-refractivity contribution is 5.75. The van der Waals surface area contributed by atoms with Crippen LogP contribution in [-0.4, -0.2) is 35.1 Å². The first-order chi connectivity index (χ1) is 10.7. The molecule has 5 nitrogen and oxygen atoms in total. The van der Waals surface area contributed by atoms with Gasteiger partial charge in [-0.1, -0.05) is 18.2 Å². The summed E-state index contributed by atoms with van der Waals surface area (Å²) in [5.41, 5.74) is 0.858. The van der Waals surface area contributed by atoms with Crippen LogP contribution in [0.3, 0.4) is 0 Å². The number of pyridine rings is 1. The molecule has 1 fully saturated rings. The van der Waals surface area contributed by atoms with E-state index in [1.54, 1.807) is 29.3 Å². The Morgan fingerprint density at radius 3 is 2.73 bits per heavy atom. The van der Waals surface area contributed by atoms with Gasteiger partial charge in [0, 0.05) is 18.8 Å². The van der Waals surface area contributed by atoms with Crippen LogP contribution in [0.5, 0.6) is 5.88 Å². The van der Waals surface area contributed by atoms with Crippen LogP contribution in [0, 0.1) is 5.82 Å². The molecular weight excluding hydrogens is 285 g/mol.